The summed E-state index contributed by atoms with van der Waals surface area (Å²) in [5.41, 5.74) is 0.480. The Bertz CT molecular complexity index is 639. The number of amides is 1. The molecule has 7 nitrogen and oxygen atoms in total. The number of hydrogen-bond acceptors (Lipinski definition) is 5. The van der Waals surface area contributed by atoms with Crippen molar-refractivity contribution in [1.82, 2.24) is 24.6 Å². The molecule has 3 heterocycles. The molecular formula is C12H12FN5O2. The number of hydrogen-bond donors (Lipinski definition) is 0. The SMILES string of the molecule is Cn1ncnc1-c1cc(OC2CN(C=O)C2)c(F)cn1. The van der Waals surface area contributed by atoms with Crippen LogP contribution in [0.2, 0.25) is 0 Å². The Labute approximate surface area is 114 Å². The number of nitrogens with zero attached hydrogens (tertiary/aromatic N) is 5. The molecule has 1 amide bonds. The second-order valence-electron chi connectivity index (χ2n) is 4.51. The van der Waals surface area contributed by atoms with E-state index in [1.807, 2.05) is 0 Å². The van der Waals surface area contributed by atoms with E-state index >= 15 is 0 Å². The van der Waals surface area contributed by atoms with Crippen molar-refractivity contribution in [3.63, 3.8) is 0 Å². The second-order valence-corrected chi connectivity index (χ2v) is 4.51. The van der Waals surface area contributed by atoms with Crippen LogP contribution < -0.4 is 4.74 Å². The number of halogens is 1. The lowest BCUT2D eigenvalue weighted by atomic mass is 10.2. The fourth-order valence-electron chi connectivity index (χ4n) is 1.97. The van der Waals surface area contributed by atoms with Crippen LogP contribution in [0.5, 0.6) is 5.75 Å². The van der Waals surface area contributed by atoms with Gasteiger partial charge >= 0.3 is 0 Å². The average Bonchev–Trinajstić information content (AvgIpc) is 2.81. The maximum atomic E-state index is 13.7. The molecule has 104 valence electrons. The summed E-state index contributed by atoms with van der Waals surface area (Å²) < 4.78 is 20.8. The topological polar surface area (TPSA) is 73.1 Å². The summed E-state index contributed by atoms with van der Waals surface area (Å²) in [6, 6.07) is 1.49. The maximum absolute atomic E-state index is 13.7. The molecule has 20 heavy (non-hydrogen) atoms. The normalized spacial score (nSPS) is 15.0. The van der Waals surface area contributed by atoms with Gasteiger partial charge in [0.2, 0.25) is 6.41 Å². The molecule has 0 atom stereocenters. The molecule has 8 heteroatoms. The first-order chi connectivity index (χ1) is 9.67. The van der Waals surface area contributed by atoms with Crippen LogP contribution in [0.3, 0.4) is 0 Å². The van der Waals surface area contributed by atoms with Crippen LogP contribution >= 0.6 is 0 Å². The van der Waals surface area contributed by atoms with E-state index in [0.29, 0.717) is 24.6 Å². The monoisotopic (exact) mass is 277 g/mol. The molecule has 0 aromatic carbocycles. The molecule has 0 bridgehead atoms. The molecule has 1 aliphatic heterocycles. The minimum atomic E-state index is -0.541. The molecule has 0 unspecified atom stereocenters. The molecule has 2 aromatic heterocycles. The van der Waals surface area contributed by atoms with E-state index in [9.17, 15) is 9.18 Å². The van der Waals surface area contributed by atoms with Crippen molar-refractivity contribution in [3.8, 4) is 17.3 Å². The number of pyridine rings is 1. The number of likely N-dealkylation sites (tertiary alicyclic amines) is 1. The van der Waals surface area contributed by atoms with Crippen LogP contribution in [0, 0.1) is 5.82 Å². The number of aromatic nitrogens is 4. The molecule has 1 aliphatic rings. The molecule has 0 radical (unpaired) electrons. The van der Waals surface area contributed by atoms with Gasteiger partial charge in [0.15, 0.2) is 17.4 Å². The number of aryl methyl sites for hydroxylation is 1. The van der Waals surface area contributed by atoms with Crippen molar-refractivity contribution < 1.29 is 13.9 Å². The summed E-state index contributed by atoms with van der Waals surface area (Å²) in [6.45, 7) is 0.926. The largest absolute Gasteiger partial charge is 0.483 e. The fourth-order valence-corrected chi connectivity index (χ4v) is 1.97. The number of rotatable bonds is 4. The van der Waals surface area contributed by atoms with E-state index in [2.05, 4.69) is 15.1 Å². The van der Waals surface area contributed by atoms with Gasteiger partial charge in [-0.15, -0.1) is 0 Å². The molecule has 0 saturated carbocycles. The lowest BCUT2D eigenvalue weighted by Crippen LogP contribution is -2.52. The van der Waals surface area contributed by atoms with Gasteiger partial charge in [-0.1, -0.05) is 0 Å². The molecule has 2 aromatic rings. The lowest BCUT2D eigenvalue weighted by molar-refractivity contribution is -0.126. The number of carbonyl (C=O) groups is 1. The van der Waals surface area contributed by atoms with Gasteiger partial charge in [-0.3, -0.25) is 4.79 Å². The third-order valence-electron chi connectivity index (χ3n) is 3.08. The highest BCUT2D eigenvalue weighted by atomic mass is 19.1. The Kier molecular flexibility index (Phi) is 3.05. The minimum Gasteiger partial charge on any atom is -0.483 e. The van der Waals surface area contributed by atoms with Gasteiger partial charge in [0.25, 0.3) is 0 Å². The van der Waals surface area contributed by atoms with E-state index < -0.39 is 5.82 Å². The van der Waals surface area contributed by atoms with Crippen LogP contribution in [0.4, 0.5) is 4.39 Å². The lowest BCUT2D eigenvalue weighted by Gasteiger charge is -2.36. The molecule has 0 aliphatic carbocycles. The summed E-state index contributed by atoms with van der Waals surface area (Å²) in [5.74, 6) is 0.0898. The highest BCUT2D eigenvalue weighted by molar-refractivity contribution is 5.52. The second kappa shape index (κ2) is 4.87. The van der Waals surface area contributed by atoms with Crippen molar-refractivity contribution in [2.24, 2.45) is 7.05 Å². The first kappa shape index (κ1) is 12.5. The van der Waals surface area contributed by atoms with Gasteiger partial charge in [-0.05, 0) is 0 Å². The Balaban J connectivity index is 1.81. The van der Waals surface area contributed by atoms with E-state index in [0.717, 1.165) is 12.6 Å². The minimum absolute atomic E-state index is 0.105. The van der Waals surface area contributed by atoms with Gasteiger partial charge in [0.1, 0.15) is 18.1 Å². The highest BCUT2D eigenvalue weighted by Crippen LogP contribution is 2.25. The van der Waals surface area contributed by atoms with E-state index in [4.69, 9.17) is 4.74 Å². The van der Waals surface area contributed by atoms with Gasteiger partial charge in [0, 0.05) is 13.1 Å². The van der Waals surface area contributed by atoms with Crippen molar-refractivity contribution in [1.29, 1.82) is 0 Å². The standard InChI is InChI=1S/C12H12FN5O2/c1-17-12(15-6-16-17)10-2-11(9(13)3-14-10)20-8-4-18(5-8)7-19/h2-3,6-8H,4-5H2,1H3. The fraction of sp³-hybridized carbons (Fsp3) is 0.333. The summed E-state index contributed by atoms with van der Waals surface area (Å²) >= 11 is 0. The van der Waals surface area contributed by atoms with E-state index in [-0.39, 0.29) is 11.9 Å². The quantitative estimate of drug-likeness (QED) is 0.748. The van der Waals surface area contributed by atoms with Gasteiger partial charge in [0.05, 0.1) is 19.3 Å². The van der Waals surface area contributed by atoms with E-state index in [1.165, 1.54) is 12.4 Å². The van der Waals surface area contributed by atoms with Crippen molar-refractivity contribution in [2.75, 3.05) is 13.1 Å². The Morgan fingerprint density at radius 3 is 2.90 bits per heavy atom. The van der Waals surface area contributed by atoms with E-state index in [1.54, 1.807) is 16.6 Å². The van der Waals surface area contributed by atoms with Crippen LogP contribution in [0.1, 0.15) is 0 Å². The molecule has 1 fully saturated rings. The van der Waals surface area contributed by atoms with Gasteiger partial charge in [-0.2, -0.15) is 5.10 Å². The highest BCUT2D eigenvalue weighted by Gasteiger charge is 2.28. The van der Waals surface area contributed by atoms with Crippen molar-refractivity contribution in [2.45, 2.75) is 6.10 Å². The first-order valence-corrected chi connectivity index (χ1v) is 6.03. The van der Waals surface area contributed by atoms with Crippen LogP contribution in [-0.2, 0) is 11.8 Å². The third-order valence-corrected chi connectivity index (χ3v) is 3.08. The van der Waals surface area contributed by atoms with Gasteiger partial charge in [-0.25, -0.2) is 19.0 Å². The number of ether oxygens (including phenoxy) is 1. The zero-order valence-electron chi connectivity index (χ0n) is 10.7. The van der Waals surface area contributed by atoms with Crippen molar-refractivity contribution >= 4 is 6.41 Å². The van der Waals surface area contributed by atoms with Gasteiger partial charge < -0.3 is 9.64 Å². The van der Waals surface area contributed by atoms with Crippen LogP contribution in [-0.4, -0.2) is 50.3 Å². The summed E-state index contributed by atoms with van der Waals surface area (Å²) in [7, 11) is 1.72. The summed E-state index contributed by atoms with van der Waals surface area (Å²) in [4.78, 5) is 20.0. The molecule has 0 N–H and O–H groups in total. The third kappa shape index (κ3) is 2.20. The Hall–Kier alpha value is -2.51. The summed E-state index contributed by atoms with van der Waals surface area (Å²) in [6.07, 6.45) is 3.04. The molecule has 0 spiro atoms. The smallest absolute Gasteiger partial charge is 0.209 e. The average molecular weight is 277 g/mol. The predicted molar refractivity (Wildman–Crippen MR) is 66.2 cm³/mol. The zero-order chi connectivity index (χ0) is 14.1. The zero-order valence-corrected chi connectivity index (χ0v) is 10.7. The van der Waals surface area contributed by atoms with Crippen LogP contribution in [0.15, 0.2) is 18.6 Å². The Morgan fingerprint density at radius 2 is 2.25 bits per heavy atom. The molecule has 3 rings (SSSR count). The Morgan fingerprint density at radius 1 is 1.45 bits per heavy atom. The molecular weight excluding hydrogens is 265 g/mol. The number of carbonyl (C=O) groups excluding carboxylic acids is 1. The predicted octanol–water partition coefficient (Wildman–Crippen LogP) is 0.236. The maximum Gasteiger partial charge on any atom is 0.209 e. The first-order valence-electron chi connectivity index (χ1n) is 6.03. The van der Waals surface area contributed by atoms with Crippen LogP contribution in [0.25, 0.3) is 11.5 Å². The van der Waals surface area contributed by atoms with Crippen molar-refractivity contribution in [3.05, 3.63) is 24.4 Å². The molecule has 1 saturated heterocycles. The summed E-state index contributed by atoms with van der Waals surface area (Å²) in [5, 5.41) is 3.94.